The Morgan fingerprint density at radius 3 is 3.00 bits per heavy atom. The van der Waals surface area contributed by atoms with Crippen LogP contribution in [0.3, 0.4) is 0 Å². The second kappa shape index (κ2) is 6.06. The van der Waals surface area contributed by atoms with Crippen LogP contribution in [0.5, 0.6) is 0 Å². The lowest BCUT2D eigenvalue weighted by Gasteiger charge is -2.34. The van der Waals surface area contributed by atoms with Crippen LogP contribution < -0.4 is 0 Å². The molecule has 118 valence electrons. The molecule has 0 N–H and O–H groups in total. The number of carbonyl (C=O) groups is 1. The third-order valence-electron chi connectivity index (χ3n) is 3.93. The van der Waals surface area contributed by atoms with Crippen LogP contribution >= 0.6 is 0 Å². The number of carbonyl (C=O) groups excluding carboxylic acids is 1. The van der Waals surface area contributed by atoms with Gasteiger partial charge in [0.1, 0.15) is 5.65 Å². The smallest absolute Gasteiger partial charge is 0.336 e. The normalized spacial score (nSPS) is 22.9. The van der Waals surface area contributed by atoms with Crippen molar-refractivity contribution in [1.82, 2.24) is 14.3 Å². The van der Waals surface area contributed by atoms with E-state index in [1.165, 1.54) is 7.11 Å². The molecule has 22 heavy (non-hydrogen) atoms. The number of aryl methyl sites for hydroxylation is 1. The Kier molecular flexibility index (Phi) is 4.13. The molecule has 6 nitrogen and oxygen atoms in total. The zero-order valence-corrected chi connectivity index (χ0v) is 13.2. The van der Waals surface area contributed by atoms with Crippen LogP contribution in [0.2, 0.25) is 0 Å². The summed E-state index contributed by atoms with van der Waals surface area (Å²) in [5.41, 5.74) is 3.09. The molecule has 0 saturated carbocycles. The Morgan fingerprint density at radius 2 is 2.27 bits per heavy atom. The molecule has 1 aliphatic rings. The van der Waals surface area contributed by atoms with Crippen LogP contribution in [0.15, 0.2) is 24.4 Å². The fraction of sp³-hybridized carbons (Fsp3) is 0.500. The standard InChI is InChI=1S/C16H21N3O3/c1-11-5-4-6-15-17-13(9-19(11)15)8-18-7-12(2)22-14(10-18)16(20)21-3/h4-6,9,12,14H,7-8,10H2,1-3H3/t12-,14?/m1/s1. The number of esters is 1. The molecule has 0 amide bonds. The van der Waals surface area contributed by atoms with Crippen molar-refractivity contribution in [2.75, 3.05) is 20.2 Å². The number of nitrogens with zero attached hydrogens (tertiary/aromatic N) is 3. The van der Waals surface area contributed by atoms with Crippen molar-refractivity contribution in [3.05, 3.63) is 35.8 Å². The van der Waals surface area contributed by atoms with Gasteiger partial charge in [0.15, 0.2) is 6.10 Å². The molecule has 1 aliphatic heterocycles. The molecule has 2 atom stereocenters. The first kappa shape index (κ1) is 15.0. The number of hydrogen-bond acceptors (Lipinski definition) is 5. The summed E-state index contributed by atoms with van der Waals surface area (Å²) in [5, 5.41) is 0. The van der Waals surface area contributed by atoms with Crippen LogP contribution in [0, 0.1) is 6.92 Å². The molecule has 6 heteroatoms. The molecule has 0 radical (unpaired) electrons. The lowest BCUT2D eigenvalue weighted by Crippen LogP contribution is -2.49. The zero-order chi connectivity index (χ0) is 15.7. The summed E-state index contributed by atoms with van der Waals surface area (Å²) in [7, 11) is 1.39. The number of aromatic nitrogens is 2. The molecule has 0 aromatic carbocycles. The fourth-order valence-corrected chi connectivity index (χ4v) is 2.93. The van der Waals surface area contributed by atoms with Gasteiger partial charge in [0.05, 0.1) is 18.9 Å². The van der Waals surface area contributed by atoms with Gasteiger partial charge >= 0.3 is 5.97 Å². The second-order valence-corrected chi connectivity index (χ2v) is 5.78. The number of morpholine rings is 1. The first-order valence-corrected chi connectivity index (χ1v) is 7.46. The number of fused-ring (bicyclic) bond motifs is 1. The predicted molar refractivity (Wildman–Crippen MR) is 81.6 cm³/mol. The average molecular weight is 303 g/mol. The van der Waals surface area contributed by atoms with Gasteiger partial charge in [0.25, 0.3) is 0 Å². The number of rotatable bonds is 3. The van der Waals surface area contributed by atoms with Gasteiger partial charge in [-0.05, 0) is 26.0 Å². The monoisotopic (exact) mass is 303 g/mol. The van der Waals surface area contributed by atoms with Gasteiger partial charge < -0.3 is 13.9 Å². The number of ether oxygens (including phenoxy) is 2. The molecule has 3 rings (SSSR count). The van der Waals surface area contributed by atoms with Crippen LogP contribution in [0.4, 0.5) is 0 Å². The van der Waals surface area contributed by atoms with E-state index in [1.807, 2.05) is 19.1 Å². The number of methoxy groups -OCH3 is 1. The second-order valence-electron chi connectivity index (χ2n) is 5.78. The predicted octanol–water partition coefficient (Wildman–Crippen LogP) is 1.41. The minimum absolute atomic E-state index is 0.00313. The Labute approximate surface area is 129 Å². The van der Waals surface area contributed by atoms with Gasteiger partial charge in [0, 0.05) is 31.5 Å². The van der Waals surface area contributed by atoms with Gasteiger partial charge in [-0.1, -0.05) is 6.07 Å². The largest absolute Gasteiger partial charge is 0.467 e. The molecule has 1 unspecified atom stereocenters. The summed E-state index contributed by atoms with van der Waals surface area (Å²) in [4.78, 5) is 18.5. The highest BCUT2D eigenvalue weighted by molar-refractivity contribution is 5.75. The van der Waals surface area contributed by atoms with Gasteiger partial charge in [-0.25, -0.2) is 9.78 Å². The summed E-state index contributed by atoms with van der Waals surface area (Å²) in [5.74, 6) is -0.317. The van der Waals surface area contributed by atoms with Gasteiger partial charge in [-0.3, -0.25) is 4.90 Å². The number of pyridine rings is 1. The number of imidazole rings is 1. The van der Waals surface area contributed by atoms with Crippen LogP contribution in [0.25, 0.3) is 5.65 Å². The van der Waals surface area contributed by atoms with Crippen molar-refractivity contribution in [1.29, 1.82) is 0 Å². The minimum Gasteiger partial charge on any atom is -0.467 e. The van der Waals surface area contributed by atoms with E-state index in [1.54, 1.807) is 0 Å². The van der Waals surface area contributed by atoms with E-state index in [0.29, 0.717) is 13.1 Å². The Balaban J connectivity index is 1.76. The Morgan fingerprint density at radius 1 is 1.45 bits per heavy atom. The summed E-state index contributed by atoms with van der Waals surface area (Å²) in [6.45, 7) is 6.03. The summed E-state index contributed by atoms with van der Waals surface area (Å²) >= 11 is 0. The third kappa shape index (κ3) is 2.98. The van der Waals surface area contributed by atoms with Gasteiger partial charge in [-0.2, -0.15) is 0 Å². The van der Waals surface area contributed by atoms with Crippen LogP contribution in [-0.2, 0) is 20.8 Å². The van der Waals surface area contributed by atoms with E-state index < -0.39 is 6.10 Å². The highest BCUT2D eigenvalue weighted by atomic mass is 16.6. The highest BCUT2D eigenvalue weighted by Gasteiger charge is 2.31. The quantitative estimate of drug-likeness (QED) is 0.802. The molecular weight excluding hydrogens is 282 g/mol. The maximum absolute atomic E-state index is 11.7. The minimum atomic E-state index is -0.521. The first-order chi connectivity index (χ1) is 10.6. The molecule has 0 spiro atoms. The Bertz CT molecular complexity index is 682. The van der Waals surface area contributed by atoms with Crippen molar-refractivity contribution >= 4 is 11.6 Å². The van der Waals surface area contributed by atoms with Gasteiger partial charge in [-0.15, -0.1) is 0 Å². The van der Waals surface area contributed by atoms with Crippen molar-refractivity contribution in [3.8, 4) is 0 Å². The van der Waals surface area contributed by atoms with E-state index in [4.69, 9.17) is 9.47 Å². The Hall–Kier alpha value is -1.92. The average Bonchev–Trinajstić information content (AvgIpc) is 2.89. The SMILES string of the molecule is COC(=O)C1CN(Cc2cn3c(C)cccc3n2)C[C@@H](C)O1. The van der Waals surface area contributed by atoms with Crippen molar-refractivity contribution in [3.63, 3.8) is 0 Å². The van der Waals surface area contributed by atoms with E-state index in [0.717, 1.165) is 23.6 Å². The summed E-state index contributed by atoms with van der Waals surface area (Å²) in [6, 6.07) is 6.06. The molecular formula is C16H21N3O3. The molecule has 3 heterocycles. The van der Waals surface area contributed by atoms with E-state index in [9.17, 15) is 4.79 Å². The number of hydrogen-bond donors (Lipinski definition) is 0. The fourth-order valence-electron chi connectivity index (χ4n) is 2.93. The zero-order valence-electron chi connectivity index (χ0n) is 13.2. The lowest BCUT2D eigenvalue weighted by molar-refractivity contribution is -0.166. The molecule has 0 bridgehead atoms. The van der Waals surface area contributed by atoms with E-state index >= 15 is 0 Å². The molecule has 2 aromatic heterocycles. The summed E-state index contributed by atoms with van der Waals surface area (Å²) in [6.07, 6.45) is 1.53. The van der Waals surface area contributed by atoms with E-state index in [2.05, 4.69) is 33.5 Å². The molecule has 0 aliphatic carbocycles. The van der Waals surface area contributed by atoms with Crippen molar-refractivity contribution in [2.24, 2.45) is 0 Å². The molecule has 2 aromatic rings. The highest BCUT2D eigenvalue weighted by Crippen LogP contribution is 2.16. The van der Waals surface area contributed by atoms with Crippen LogP contribution in [-0.4, -0.2) is 52.7 Å². The topological polar surface area (TPSA) is 56.1 Å². The van der Waals surface area contributed by atoms with Crippen molar-refractivity contribution < 1.29 is 14.3 Å². The van der Waals surface area contributed by atoms with Gasteiger partial charge in [0.2, 0.25) is 0 Å². The molecule has 1 saturated heterocycles. The maximum Gasteiger partial charge on any atom is 0.336 e. The third-order valence-corrected chi connectivity index (χ3v) is 3.93. The maximum atomic E-state index is 11.7. The first-order valence-electron chi connectivity index (χ1n) is 7.46. The lowest BCUT2D eigenvalue weighted by atomic mass is 10.2. The molecule has 1 fully saturated rings. The van der Waals surface area contributed by atoms with E-state index in [-0.39, 0.29) is 12.1 Å². The van der Waals surface area contributed by atoms with Crippen LogP contribution in [0.1, 0.15) is 18.3 Å². The van der Waals surface area contributed by atoms with Crippen molar-refractivity contribution in [2.45, 2.75) is 32.6 Å². The summed E-state index contributed by atoms with van der Waals surface area (Å²) < 4.78 is 12.5.